The van der Waals surface area contributed by atoms with E-state index < -0.39 is 6.03 Å². The SMILES string of the molecule is CCC(C)CCN(N)C(=O)NN. The number of carbonyl (C=O) groups is 1. The molecule has 2 amide bonds. The number of hydrogen-bond acceptors (Lipinski definition) is 3. The first-order valence-electron chi connectivity index (χ1n) is 4.14. The summed E-state index contributed by atoms with van der Waals surface area (Å²) >= 11 is 0. The van der Waals surface area contributed by atoms with Crippen LogP contribution >= 0.6 is 0 Å². The summed E-state index contributed by atoms with van der Waals surface area (Å²) in [5, 5.41) is 1.09. The first kappa shape index (κ1) is 11.2. The second kappa shape index (κ2) is 5.79. The molecule has 0 aromatic heterocycles. The van der Waals surface area contributed by atoms with E-state index in [-0.39, 0.29) is 0 Å². The minimum atomic E-state index is -0.446. The van der Waals surface area contributed by atoms with Gasteiger partial charge in [-0.25, -0.2) is 16.5 Å². The lowest BCUT2D eigenvalue weighted by Crippen LogP contribution is -2.47. The predicted molar refractivity (Wildman–Crippen MR) is 47.7 cm³/mol. The van der Waals surface area contributed by atoms with Crippen molar-refractivity contribution in [2.24, 2.45) is 17.6 Å². The lowest BCUT2D eigenvalue weighted by atomic mass is 10.1. The predicted octanol–water partition coefficient (Wildman–Crippen LogP) is 0.182. The van der Waals surface area contributed by atoms with E-state index >= 15 is 0 Å². The molecule has 0 aromatic carbocycles. The van der Waals surface area contributed by atoms with Gasteiger partial charge in [-0.1, -0.05) is 20.3 Å². The van der Waals surface area contributed by atoms with Crippen molar-refractivity contribution in [1.82, 2.24) is 10.4 Å². The number of nitrogens with zero attached hydrogens (tertiary/aromatic N) is 1. The first-order chi connectivity index (χ1) is 5.61. The topological polar surface area (TPSA) is 84.4 Å². The second-order valence-electron chi connectivity index (χ2n) is 2.94. The van der Waals surface area contributed by atoms with Gasteiger partial charge in [-0.3, -0.25) is 10.4 Å². The van der Waals surface area contributed by atoms with Crippen LogP contribution in [0.5, 0.6) is 0 Å². The quantitative estimate of drug-likeness (QED) is 0.323. The second-order valence-corrected chi connectivity index (χ2v) is 2.94. The van der Waals surface area contributed by atoms with Crippen LogP contribution in [0.15, 0.2) is 0 Å². The van der Waals surface area contributed by atoms with Crippen LogP contribution in [0.4, 0.5) is 4.79 Å². The zero-order valence-electron chi connectivity index (χ0n) is 7.71. The highest BCUT2D eigenvalue weighted by atomic mass is 16.2. The number of hydrazine groups is 2. The molecular weight excluding hydrogens is 156 g/mol. The molecule has 5 N–H and O–H groups in total. The molecule has 0 fully saturated rings. The average Bonchev–Trinajstić information content (AvgIpc) is 2.11. The molecule has 0 bridgehead atoms. The zero-order valence-corrected chi connectivity index (χ0v) is 7.71. The number of rotatable bonds is 4. The summed E-state index contributed by atoms with van der Waals surface area (Å²) in [6.07, 6.45) is 2.00. The van der Waals surface area contributed by atoms with Gasteiger partial charge in [0.05, 0.1) is 0 Å². The molecule has 12 heavy (non-hydrogen) atoms. The zero-order chi connectivity index (χ0) is 9.56. The number of nitrogens with one attached hydrogen (secondary N) is 1. The summed E-state index contributed by atoms with van der Waals surface area (Å²) in [5.41, 5.74) is 1.97. The van der Waals surface area contributed by atoms with Crippen LogP contribution < -0.4 is 17.1 Å². The van der Waals surface area contributed by atoms with Crippen LogP contribution in [-0.2, 0) is 0 Å². The number of amides is 2. The van der Waals surface area contributed by atoms with Crippen LogP contribution in [0, 0.1) is 5.92 Å². The molecule has 0 aliphatic carbocycles. The summed E-state index contributed by atoms with van der Waals surface area (Å²) < 4.78 is 0. The van der Waals surface area contributed by atoms with E-state index in [1.165, 1.54) is 0 Å². The van der Waals surface area contributed by atoms with Crippen molar-refractivity contribution in [2.75, 3.05) is 6.54 Å². The Morgan fingerprint density at radius 2 is 2.25 bits per heavy atom. The van der Waals surface area contributed by atoms with Gasteiger partial charge in [-0.2, -0.15) is 0 Å². The molecule has 0 saturated heterocycles. The van der Waals surface area contributed by atoms with Gasteiger partial charge in [-0.05, 0) is 12.3 Å². The van der Waals surface area contributed by atoms with Crippen molar-refractivity contribution in [3.05, 3.63) is 0 Å². The van der Waals surface area contributed by atoms with Gasteiger partial charge >= 0.3 is 6.03 Å². The van der Waals surface area contributed by atoms with Crippen LogP contribution in [0.1, 0.15) is 26.7 Å². The van der Waals surface area contributed by atoms with Crippen LogP contribution in [0.3, 0.4) is 0 Å². The molecule has 0 rings (SSSR count). The van der Waals surface area contributed by atoms with Gasteiger partial charge in [0.25, 0.3) is 0 Å². The van der Waals surface area contributed by atoms with Crippen molar-refractivity contribution in [2.45, 2.75) is 26.7 Å². The largest absolute Gasteiger partial charge is 0.345 e. The Balaban J connectivity index is 3.56. The maximum absolute atomic E-state index is 10.8. The lowest BCUT2D eigenvalue weighted by Gasteiger charge is -2.17. The first-order valence-corrected chi connectivity index (χ1v) is 4.14. The van der Waals surface area contributed by atoms with E-state index in [1.807, 2.05) is 5.43 Å². The lowest BCUT2D eigenvalue weighted by molar-refractivity contribution is 0.195. The minimum Gasteiger partial charge on any atom is -0.275 e. The standard InChI is InChI=1S/C7H18N4O/c1-3-6(2)4-5-11(9)7(12)10-8/h6H,3-5,8-9H2,1-2H3,(H,10,12). The third kappa shape index (κ3) is 4.15. The van der Waals surface area contributed by atoms with E-state index in [2.05, 4.69) is 13.8 Å². The Bertz CT molecular complexity index is 139. The maximum atomic E-state index is 10.8. The monoisotopic (exact) mass is 174 g/mol. The molecule has 5 nitrogen and oxygen atoms in total. The average molecular weight is 174 g/mol. The highest BCUT2D eigenvalue weighted by Crippen LogP contribution is 2.05. The van der Waals surface area contributed by atoms with Gasteiger partial charge in [-0.15, -0.1) is 0 Å². The van der Waals surface area contributed by atoms with Crippen molar-refractivity contribution >= 4 is 6.03 Å². The molecule has 1 unspecified atom stereocenters. The van der Waals surface area contributed by atoms with E-state index in [1.54, 1.807) is 0 Å². The summed E-state index contributed by atoms with van der Waals surface area (Å²) in [5.74, 6) is 10.8. The van der Waals surface area contributed by atoms with Gasteiger partial charge in [0, 0.05) is 6.54 Å². The molecular formula is C7H18N4O. The van der Waals surface area contributed by atoms with E-state index in [0.29, 0.717) is 12.5 Å². The Morgan fingerprint density at radius 3 is 2.67 bits per heavy atom. The van der Waals surface area contributed by atoms with E-state index in [9.17, 15) is 4.79 Å². The maximum Gasteiger partial charge on any atom is 0.345 e. The summed E-state index contributed by atoms with van der Waals surface area (Å²) in [6.45, 7) is 4.76. The third-order valence-electron chi connectivity index (χ3n) is 1.94. The van der Waals surface area contributed by atoms with Crippen molar-refractivity contribution < 1.29 is 4.79 Å². The highest BCUT2D eigenvalue weighted by molar-refractivity contribution is 5.72. The Labute approximate surface area is 73.0 Å². The van der Waals surface area contributed by atoms with Crippen LogP contribution in [-0.4, -0.2) is 17.6 Å². The molecule has 0 spiro atoms. The Kier molecular flexibility index (Phi) is 5.40. The normalized spacial score (nSPS) is 12.3. The Hall–Kier alpha value is -0.810. The number of nitrogens with two attached hydrogens (primary N) is 2. The molecule has 1 atom stereocenters. The fraction of sp³-hybridized carbons (Fsp3) is 0.857. The van der Waals surface area contributed by atoms with Gasteiger partial charge in [0.1, 0.15) is 0 Å². The van der Waals surface area contributed by atoms with Gasteiger partial charge in [0.2, 0.25) is 0 Å². The molecule has 0 aromatic rings. The number of urea groups is 1. The van der Waals surface area contributed by atoms with Crippen molar-refractivity contribution in [3.8, 4) is 0 Å². The van der Waals surface area contributed by atoms with Crippen molar-refractivity contribution in [3.63, 3.8) is 0 Å². The fourth-order valence-electron chi connectivity index (χ4n) is 0.748. The summed E-state index contributed by atoms with van der Waals surface area (Å²) in [4.78, 5) is 10.8. The summed E-state index contributed by atoms with van der Waals surface area (Å²) in [6, 6.07) is -0.446. The van der Waals surface area contributed by atoms with E-state index in [4.69, 9.17) is 11.7 Å². The summed E-state index contributed by atoms with van der Waals surface area (Å²) in [7, 11) is 0. The van der Waals surface area contributed by atoms with E-state index in [0.717, 1.165) is 17.9 Å². The van der Waals surface area contributed by atoms with Crippen molar-refractivity contribution in [1.29, 1.82) is 0 Å². The fourth-order valence-corrected chi connectivity index (χ4v) is 0.748. The third-order valence-corrected chi connectivity index (χ3v) is 1.94. The highest BCUT2D eigenvalue weighted by Gasteiger charge is 2.07. The van der Waals surface area contributed by atoms with Crippen LogP contribution in [0.2, 0.25) is 0 Å². The molecule has 0 aliphatic rings. The smallest absolute Gasteiger partial charge is 0.275 e. The molecule has 0 radical (unpaired) electrons. The molecule has 0 heterocycles. The minimum absolute atomic E-state index is 0.446. The molecule has 72 valence electrons. The van der Waals surface area contributed by atoms with Gasteiger partial charge < -0.3 is 0 Å². The Morgan fingerprint density at radius 1 is 1.67 bits per heavy atom. The molecule has 0 aliphatic heterocycles. The van der Waals surface area contributed by atoms with Gasteiger partial charge in [0.15, 0.2) is 0 Å². The molecule has 5 heteroatoms. The van der Waals surface area contributed by atoms with Crippen LogP contribution in [0.25, 0.3) is 0 Å². The number of hydrogen-bond donors (Lipinski definition) is 3. The number of carbonyl (C=O) groups excluding carboxylic acids is 1. The molecule has 0 saturated carbocycles.